The summed E-state index contributed by atoms with van der Waals surface area (Å²) in [5, 5.41) is 0. The van der Waals surface area contributed by atoms with E-state index in [-0.39, 0.29) is 17.4 Å². The molecule has 2 aliphatic heterocycles. The van der Waals surface area contributed by atoms with E-state index in [9.17, 15) is 13.2 Å². The molecule has 0 N–H and O–H groups in total. The largest absolute Gasteiger partial charge is 0.311 e. The molecule has 0 spiro atoms. The van der Waals surface area contributed by atoms with Crippen LogP contribution in [0.2, 0.25) is 0 Å². The van der Waals surface area contributed by atoms with Crippen molar-refractivity contribution < 1.29 is 13.2 Å². The number of nitrogens with zero attached hydrogens (tertiary/aromatic N) is 2. The van der Waals surface area contributed by atoms with Crippen molar-refractivity contribution in [1.29, 1.82) is 0 Å². The van der Waals surface area contributed by atoms with Crippen molar-refractivity contribution in [2.24, 2.45) is 0 Å². The number of para-hydroxylation sites is 1. The summed E-state index contributed by atoms with van der Waals surface area (Å²) in [6, 6.07) is 7.96. The van der Waals surface area contributed by atoms with E-state index in [1.165, 1.54) is 5.56 Å². The van der Waals surface area contributed by atoms with Gasteiger partial charge in [0.1, 0.15) is 0 Å². The number of sulfone groups is 1. The molecule has 0 unspecified atom stereocenters. The molecule has 3 rings (SSSR count). The second-order valence-corrected chi connectivity index (χ2v) is 7.66. The van der Waals surface area contributed by atoms with Gasteiger partial charge in [-0.25, -0.2) is 8.42 Å². The fourth-order valence-electron chi connectivity index (χ4n) is 2.78. The second kappa shape index (κ2) is 5.18. The number of hydrogen-bond donors (Lipinski definition) is 0. The number of amides is 1. The van der Waals surface area contributed by atoms with Crippen molar-refractivity contribution in [2.45, 2.75) is 6.42 Å². The van der Waals surface area contributed by atoms with Crippen LogP contribution in [-0.2, 0) is 21.1 Å². The zero-order valence-corrected chi connectivity index (χ0v) is 12.1. The number of carbonyl (C=O) groups excluding carboxylic acids is 1. The van der Waals surface area contributed by atoms with Crippen molar-refractivity contribution in [1.82, 2.24) is 4.90 Å². The minimum absolute atomic E-state index is 0.0641. The van der Waals surface area contributed by atoms with Gasteiger partial charge in [0.2, 0.25) is 5.91 Å². The molecule has 0 atom stereocenters. The quantitative estimate of drug-likeness (QED) is 0.787. The van der Waals surface area contributed by atoms with E-state index in [4.69, 9.17) is 0 Å². The number of rotatable bonds is 2. The fourth-order valence-corrected chi connectivity index (χ4v) is 4.06. The van der Waals surface area contributed by atoms with Gasteiger partial charge in [-0.2, -0.15) is 0 Å². The molecule has 0 radical (unpaired) electrons. The summed E-state index contributed by atoms with van der Waals surface area (Å²) in [5.41, 5.74) is 2.21. The lowest BCUT2D eigenvalue weighted by Crippen LogP contribution is -2.46. The molecule has 1 aromatic carbocycles. The van der Waals surface area contributed by atoms with E-state index in [1.54, 1.807) is 0 Å². The molecule has 2 heterocycles. The van der Waals surface area contributed by atoms with E-state index in [1.807, 2.05) is 28.0 Å². The van der Waals surface area contributed by atoms with Gasteiger partial charge in [0.25, 0.3) is 0 Å². The highest BCUT2D eigenvalue weighted by atomic mass is 32.2. The monoisotopic (exact) mass is 294 g/mol. The number of carbonyl (C=O) groups is 1. The van der Waals surface area contributed by atoms with Crippen LogP contribution in [0.3, 0.4) is 0 Å². The molecule has 1 fully saturated rings. The van der Waals surface area contributed by atoms with Crippen LogP contribution >= 0.6 is 0 Å². The van der Waals surface area contributed by atoms with Crippen LogP contribution in [0.25, 0.3) is 0 Å². The van der Waals surface area contributed by atoms with Crippen molar-refractivity contribution in [3.8, 4) is 0 Å². The molecule has 1 saturated heterocycles. The minimum Gasteiger partial charge on any atom is -0.311 e. The summed E-state index contributed by atoms with van der Waals surface area (Å²) in [5.74, 6) is 0.391. The van der Waals surface area contributed by atoms with E-state index in [0.29, 0.717) is 19.6 Å². The maximum absolute atomic E-state index is 12.4. The summed E-state index contributed by atoms with van der Waals surface area (Å²) in [6.07, 6.45) is 0.899. The molecule has 0 aromatic heterocycles. The Kier molecular flexibility index (Phi) is 3.52. The van der Waals surface area contributed by atoms with Crippen molar-refractivity contribution in [3.05, 3.63) is 29.8 Å². The molecule has 1 amide bonds. The molecular weight excluding hydrogens is 276 g/mol. The number of benzene rings is 1. The minimum atomic E-state index is -2.89. The second-order valence-electron chi connectivity index (χ2n) is 5.35. The summed E-state index contributed by atoms with van der Waals surface area (Å²) in [7, 11) is -2.89. The zero-order chi connectivity index (χ0) is 14.2. The van der Waals surface area contributed by atoms with Gasteiger partial charge in [-0.3, -0.25) is 9.69 Å². The molecule has 20 heavy (non-hydrogen) atoms. The highest BCUT2D eigenvalue weighted by molar-refractivity contribution is 7.91. The highest BCUT2D eigenvalue weighted by Gasteiger charge is 2.28. The molecule has 108 valence electrons. The van der Waals surface area contributed by atoms with Crippen LogP contribution in [-0.4, -0.2) is 56.9 Å². The maximum Gasteiger partial charge on any atom is 0.241 e. The van der Waals surface area contributed by atoms with E-state index in [0.717, 1.165) is 18.7 Å². The number of hydrogen-bond acceptors (Lipinski definition) is 4. The first-order valence-electron chi connectivity index (χ1n) is 6.86. The predicted octanol–water partition coefficient (Wildman–Crippen LogP) is 0.306. The van der Waals surface area contributed by atoms with E-state index < -0.39 is 9.84 Å². The van der Waals surface area contributed by atoms with Crippen molar-refractivity contribution >= 4 is 21.4 Å². The lowest BCUT2D eigenvalue weighted by atomic mass is 10.2. The van der Waals surface area contributed by atoms with Crippen LogP contribution in [0.4, 0.5) is 5.69 Å². The van der Waals surface area contributed by atoms with Crippen LogP contribution in [0.5, 0.6) is 0 Å². The third kappa shape index (κ3) is 2.71. The number of fused-ring (bicyclic) bond motifs is 1. The third-order valence-corrected chi connectivity index (χ3v) is 5.59. The third-order valence-electron chi connectivity index (χ3n) is 3.98. The van der Waals surface area contributed by atoms with E-state index in [2.05, 4.69) is 6.07 Å². The number of anilines is 1. The molecular formula is C14H18N2O3S. The molecule has 6 heteroatoms. The molecule has 1 aromatic rings. The van der Waals surface area contributed by atoms with Gasteiger partial charge < -0.3 is 4.90 Å². The van der Waals surface area contributed by atoms with Crippen LogP contribution in [0.15, 0.2) is 24.3 Å². The standard InChI is InChI=1S/C14H18N2O3S/c17-14(11-15-7-9-20(18,19)10-8-15)16-6-5-12-3-1-2-4-13(12)16/h1-4H,5-11H2. The van der Waals surface area contributed by atoms with Gasteiger partial charge in [-0.05, 0) is 18.1 Å². The van der Waals surface area contributed by atoms with Crippen LogP contribution in [0.1, 0.15) is 5.56 Å². The SMILES string of the molecule is O=C(CN1CCS(=O)(=O)CC1)N1CCc2ccccc21. The Morgan fingerprint density at radius 1 is 1.10 bits per heavy atom. The first kappa shape index (κ1) is 13.6. The Hall–Kier alpha value is -1.40. The molecule has 5 nitrogen and oxygen atoms in total. The first-order chi connectivity index (χ1) is 9.55. The topological polar surface area (TPSA) is 57.7 Å². The Morgan fingerprint density at radius 2 is 1.80 bits per heavy atom. The average molecular weight is 294 g/mol. The van der Waals surface area contributed by atoms with Gasteiger partial charge in [0, 0.05) is 25.3 Å². The van der Waals surface area contributed by atoms with Gasteiger partial charge >= 0.3 is 0 Å². The smallest absolute Gasteiger partial charge is 0.241 e. The van der Waals surface area contributed by atoms with Crippen LogP contribution < -0.4 is 4.90 Å². The van der Waals surface area contributed by atoms with E-state index >= 15 is 0 Å². The normalized spacial score (nSPS) is 21.7. The van der Waals surface area contributed by atoms with Gasteiger partial charge in [-0.15, -0.1) is 0 Å². The van der Waals surface area contributed by atoms with Gasteiger partial charge in [0.15, 0.2) is 9.84 Å². The zero-order valence-electron chi connectivity index (χ0n) is 11.3. The Labute approximate surface area is 119 Å². The summed E-state index contributed by atoms with van der Waals surface area (Å²) in [6.45, 7) is 1.96. The first-order valence-corrected chi connectivity index (χ1v) is 8.68. The summed E-state index contributed by atoms with van der Waals surface area (Å²) >= 11 is 0. The molecule has 2 aliphatic rings. The van der Waals surface area contributed by atoms with Gasteiger partial charge in [-0.1, -0.05) is 18.2 Å². The maximum atomic E-state index is 12.4. The van der Waals surface area contributed by atoms with Crippen LogP contribution in [0, 0.1) is 0 Å². The highest BCUT2D eigenvalue weighted by Crippen LogP contribution is 2.27. The summed E-state index contributed by atoms with van der Waals surface area (Å²) < 4.78 is 22.8. The lowest BCUT2D eigenvalue weighted by molar-refractivity contribution is -0.119. The lowest BCUT2D eigenvalue weighted by Gasteiger charge is -2.28. The Morgan fingerprint density at radius 3 is 2.55 bits per heavy atom. The molecule has 0 bridgehead atoms. The Balaban J connectivity index is 1.64. The predicted molar refractivity (Wildman–Crippen MR) is 77.6 cm³/mol. The van der Waals surface area contributed by atoms with Crippen molar-refractivity contribution in [2.75, 3.05) is 42.6 Å². The van der Waals surface area contributed by atoms with Gasteiger partial charge in [0.05, 0.1) is 18.1 Å². The van der Waals surface area contributed by atoms with Crippen molar-refractivity contribution in [3.63, 3.8) is 0 Å². The summed E-state index contributed by atoms with van der Waals surface area (Å²) in [4.78, 5) is 16.1. The molecule has 0 saturated carbocycles. The average Bonchev–Trinajstić information content (AvgIpc) is 2.85. The fraction of sp³-hybridized carbons (Fsp3) is 0.500. The molecule has 0 aliphatic carbocycles. The Bertz CT molecular complexity index is 613.